The topological polar surface area (TPSA) is 86.8 Å². The van der Waals surface area contributed by atoms with Crippen LogP contribution in [0.1, 0.15) is 38.3 Å². The maximum Gasteiger partial charge on any atom is 0.264 e. The molecule has 2 atom stereocenters. The largest absolute Gasteiger partial charge is 0.352 e. The van der Waals surface area contributed by atoms with Gasteiger partial charge in [0, 0.05) is 27.7 Å². The van der Waals surface area contributed by atoms with E-state index in [0.29, 0.717) is 32.7 Å². The Morgan fingerprint density at radius 2 is 1.50 bits per heavy atom. The predicted octanol–water partition coefficient (Wildman–Crippen LogP) is 6.48. The maximum absolute atomic E-state index is 14.0. The van der Waals surface area contributed by atoms with Gasteiger partial charge in [-0.3, -0.25) is 13.9 Å². The zero-order chi connectivity index (χ0) is 29.6. The molecular weight excluding hydrogens is 593 g/mol. The van der Waals surface area contributed by atoms with Gasteiger partial charge >= 0.3 is 0 Å². The van der Waals surface area contributed by atoms with E-state index in [0.717, 1.165) is 9.87 Å². The van der Waals surface area contributed by atoms with Crippen LogP contribution in [0.4, 0.5) is 5.69 Å². The first kappa shape index (κ1) is 31.7. The van der Waals surface area contributed by atoms with Crippen molar-refractivity contribution >= 4 is 62.3 Å². The van der Waals surface area contributed by atoms with Crippen LogP contribution in [0.2, 0.25) is 15.1 Å². The second kappa shape index (κ2) is 13.7. The van der Waals surface area contributed by atoms with Crippen LogP contribution in [-0.2, 0) is 26.2 Å². The Kier molecular flexibility index (Phi) is 10.9. The Hall–Kier alpha value is -2.78. The highest BCUT2D eigenvalue weighted by Gasteiger charge is 2.33. The fourth-order valence-corrected chi connectivity index (χ4v) is 5.86. The van der Waals surface area contributed by atoms with Crippen molar-refractivity contribution in [3.63, 3.8) is 0 Å². The van der Waals surface area contributed by atoms with Crippen molar-refractivity contribution in [2.24, 2.45) is 0 Å². The van der Waals surface area contributed by atoms with Gasteiger partial charge in [-0.1, -0.05) is 65.5 Å². The fourth-order valence-electron chi connectivity index (χ4n) is 3.86. The van der Waals surface area contributed by atoms with Crippen molar-refractivity contribution in [2.75, 3.05) is 10.8 Å². The number of amides is 2. The van der Waals surface area contributed by atoms with E-state index in [4.69, 9.17) is 34.8 Å². The molecule has 7 nitrogen and oxygen atoms in total. The van der Waals surface area contributed by atoms with E-state index in [1.165, 1.54) is 29.2 Å². The molecule has 0 saturated heterocycles. The minimum Gasteiger partial charge on any atom is -0.352 e. The first-order valence-corrected chi connectivity index (χ1v) is 15.3. The van der Waals surface area contributed by atoms with Crippen molar-refractivity contribution < 1.29 is 18.0 Å². The Morgan fingerprint density at radius 1 is 0.900 bits per heavy atom. The van der Waals surface area contributed by atoms with Gasteiger partial charge in [-0.2, -0.15) is 0 Å². The molecule has 0 spiro atoms. The predicted molar refractivity (Wildman–Crippen MR) is 162 cm³/mol. The highest BCUT2D eigenvalue weighted by Crippen LogP contribution is 2.27. The highest BCUT2D eigenvalue weighted by atomic mass is 35.5. The standard InChI is InChI=1S/C29H32Cl3N3O4S/c1-5-20(3)33-29(37)21(4)34(17-22-8-9-24(31)16-27(22)32)28(36)18-35(25-12-6-19(2)7-13-25)40(38,39)26-14-10-23(30)11-15-26/h6-16,20-21H,5,17-18H2,1-4H3,(H,33,37)/t20-,21+/m0/s1. The van der Waals surface area contributed by atoms with Crippen LogP contribution in [0, 0.1) is 6.92 Å². The lowest BCUT2D eigenvalue weighted by molar-refractivity contribution is -0.139. The molecule has 1 N–H and O–H groups in total. The number of anilines is 1. The van der Waals surface area contributed by atoms with Crippen molar-refractivity contribution in [3.8, 4) is 0 Å². The minimum absolute atomic E-state index is 0.0277. The smallest absolute Gasteiger partial charge is 0.264 e. The van der Waals surface area contributed by atoms with Crippen LogP contribution in [-0.4, -0.2) is 43.8 Å². The molecule has 40 heavy (non-hydrogen) atoms. The van der Waals surface area contributed by atoms with Crippen LogP contribution in [0.15, 0.2) is 71.6 Å². The van der Waals surface area contributed by atoms with E-state index in [1.807, 2.05) is 20.8 Å². The third kappa shape index (κ3) is 7.91. The maximum atomic E-state index is 14.0. The van der Waals surface area contributed by atoms with Gasteiger partial charge in [-0.25, -0.2) is 8.42 Å². The van der Waals surface area contributed by atoms with Crippen molar-refractivity contribution in [1.29, 1.82) is 0 Å². The van der Waals surface area contributed by atoms with E-state index in [9.17, 15) is 18.0 Å². The van der Waals surface area contributed by atoms with Crippen LogP contribution in [0.25, 0.3) is 0 Å². The van der Waals surface area contributed by atoms with Gasteiger partial charge in [0.15, 0.2) is 0 Å². The SMILES string of the molecule is CC[C@H](C)NC(=O)[C@@H](C)N(Cc1ccc(Cl)cc1Cl)C(=O)CN(c1ccc(C)cc1)S(=O)(=O)c1ccc(Cl)cc1. The zero-order valence-corrected chi connectivity index (χ0v) is 25.8. The average molecular weight is 625 g/mol. The zero-order valence-electron chi connectivity index (χ0n) is 22.7. The number of hydrogen-bond acceptors (Lipinski definition) is 4. The molecule has 0 bridgehead atoms. The Labute approximate surface area is 251 Å². The summed E-state index contributed by atoms with van der Waals surface area (Å²) in [5.41, 5.74) is 1.79. The fraction of sp³-hybridized carbons (Fsp3) is 0.310. The normalized spacial score (nSPS) is 12.9. The van der Waals surface area contributed by atoms with Gasteiger partial charge in [-0.15, -0.1) is 0 Å². The molecule has 0 saturated carbocycles. The molecule has 3 aromatic carbocycles. The Balaban J connectivity index is 2.04. The number of nitrogens with one attached hydrogen (secondary N) is 1. The van der Waals surface area contributed by atoms with Crippen molar-refractivity contribution in [1.82, 2.24) is 10.2 Å². The number of benzene rings is 3. The number of hydrogen-bond donors (Lipinski definition) is 1. The summed E-state index contributed by atoms with van der Waals surface area (Å²) in [5, 5.41) is 4.02. The third-order valence-corrected chi connectivity index (χ3v) is 9.15. The van der Waals surface area contributed by atoms with Crippen LogP contribution >= 0.6 is 34.8 Å². The number of nitrogens with zero attached hydrogens (tertiary/aromatic N) is 2. The van der Waals surface area contributed by atoms with Gasteiger partial charge in [0.2, 0.25) is 11.8 Å². The number of carbonyl (C=O) groups excluding carboxylic acids is 2. The minimum atomic E-state index is -4.18. The molecule has 2 amide bonds. The van der Waals surface area contributed by atoms with Crippen molar-refractivity contribution in [3.05, 3.63) is 92.9 Å². The monoisotopic (exact) mass is 623 g/mol. The van der Waals surface area contributed by atoms with E-state index in [1.54, 1.807) is 49.4 Å². The Morgan fingerprint density at radius 3 is 2.08 bits per heavy atom. The van der Waals surface area contributed by atoms with E-state index < -0.39 is 28.5 Å². The Bertz CT molecular complexity index is 1450. The summed E-state index contributed by atoms with van der Waals surface area (Å²) in [6.07, 6.45) is 0.704. The number of carbonyl (C=O) groups is 2. The highest BCUT2D eigenvalue weighted by molar-refractivity contribution is 7.92. The molecule has 3 rings (SSSR count). The molecule has 0 aliphatic rings. The molecule has 0 aliphatic heterocycles. The quantitative estimate of drug-likeness (QED) is 0.265. The molecule has 0 fully saturated rings. The van der Waals surface area contributed by atoms with Gasteiger partial charge < -0.3 is 10.2 Å². The van der Waals surface area contributed by atoms with E-state index in [-0.39, 0.29) is 23.4 Å². The molecule has 3 aromatic rings. The van der Waals surface area contributed by atoms with Crippen molar-refractivity contribution in [2.45, 2.75) is 57.6 Å². The lowest BCUT2D eigenvalue weighted by Crippen LogP contribution is -2.52. The van der Waals surface area contributed by atoms with Gasteiger partial charge in [0.05, 0.1) is 10.6 Å². The second-order valence-electron chi connectivity index (χ2n) is 9.55. The summed E-state index contributed by atoms with van der Waals surface area (Å²) in [5.74, 6) is -0.953. The van der Waals surface area contributed by atoms with Gasteiger partial charge in [0.25, 0.3) is 10.0 Å². The van der Waals surface area contributed by atoms with Gasteiger partial charge in [-0.05, 0) is 81.3 Å². The summed E-state index contributed by atoms with van der Waals surface area (Å²) in [7, 11) is -4.18. The summed E-state index contributed by atoms with van der Waals surface area (Å²) in [6.45, 7) is 6.69. The summed E-state index contributed by atoms with van der Waals surface area (Å²) in [4.78, 5) is 28.4. The summed E-state index contributed by atoms with van der Waals surface area (Å²) >= 11 is 18.5. The number of halogens is 3. The van der Waals surface area contributed by atoms with Crippen LogP contribution in [0.5, 0.6) is 0 Å². The summed E-state index contributed by atoms with van der Waals surface area (Å²) in [6, 6.07) is 16.3. The van der Waals surface area contributed by atoms with E-state index >= 15 is 0 Å². The first-order valence-electron chi connectivity index (χ1n) is 12.7. The number of aryl methyl sites for hydroxylation is 1. The molecule has 0 aromatic heterocycles. The lowest BCUT2D eigenvalue weighted by Gasteiger charge is -2.32. The third-order valence-electron chi connectivity index (χ3n) is 6.53. The number of sulfonamides is 1. The van der Waals surface area contributed by atoms with Gasteiger partial charge in [0.1, 0.15) is 12.6 Å². The number of rotatable bonds is 11. The molecule has 214 valence electrons. The molecule has 0 unspecified atom stereocenters. The molecule has 0 aliphatic carbocycles. The lowest BCUT2D eigenvalue weighted by atomic mass is 10.1. The molecular formula is C29H32Cl3N3O4S. The second-order valence-corrected chi connectivity index (χ2v) is 12.7. The van der Waals surface area contributed by atoms with E-state index in [2.05, 4.69) is 5.32 Å². The van der Waals surface area contributed by atoms with Crippen LogP contribution in [0.3, 0.4) is 0 Å². The first-order chi connectivity index (χ1) is 18.8. The average Bonchev–Trinajstić information content (AvgIpc) is 2.91. The van der Waals surface area contributed by atoms with Crippen LogP contribution < -0.4 is 9.62 Å². The molecule has 0 radical (unpaired) electrons. The summed E-state index contributed by atoms with van der Waals surface area (Å²) < 4.78 is 28.7. The molecule has 11 heteroatoms. The molecule has 0 heterocycles.